The summed E-state index contributed by atoms with van der Waals surface area (Å²) < 4.78 is 0. The van der Waals surface area contributed by atoms with Crippen molar-refractivity contribution in [1.82, 2.24) is 102 Å². The number of carbonyl (C=O) groups is 2. The quantitative estimate of drug-likeness (QED) is 0.0837. The van der Waals surface area contributed by atoms with Gasteiger partial charge in [-0.05, 0) is 85.8 Å². The molecule has 4 heterocycles. The van der Waals surface area contributed by atoms with E-state index in [1.54, 1.807) is 64.9 Å². The average molecular weight is 1350 g/mol. The van der Waals surface area contributed by atoms with Gasteiger partial charge in [0, 0.05) is 69.6 Å². The van der Waals surface area contributed by atoms with Crippen molar-refractivity contribution in [3.8, 4) is 57.1 Å². The van der Waals surface area contributed by atoms with E-state index < -0.39 is 0 Å². The molecule has 0 aliphatic carbocycles. The van der Waals surface area contributed by atoms with Crippen molar-refractivity contribution in [2.75, 3.05) is 82.6 Å². The summed E-state index contributed by atoms with van der Waals surface area (Å²) in [7, 11) is 14.7. The van der Waals surface area contributed by atoms with E-state index in [0.717, 1.165) is 48.2 Å². The third-order valence-electron chi connectivity index (χ3n) is 9.58. The van der Waals surface area contributed by atoms with Gasteiger partial charge in [0.15, 0.2) is 0 Å². The molecule has 0 aliphatic heterocycles. The maximum atomic E-state index is 11.3. The maximum Gasteiger partial charge on any atom is 3.00 e. The third kappa shape index (κ3) is 35.5. The third-order valence-corrected chi connectivity index (χ3v) is 10.1. The van der Waals surface area contributed by atoms with Gasteiger partial charge in [-0.15, -0.1) is 0 Å². The first-order chi connectivity index (χ1) is 40.6. The van der Waals surface area contributed by atoms with E-state index in [1.165, 1.54) is 21.9 Å². The van der Waals surface area contributed by atoms with Gasteiger partial charge in [-0.25, -0.2) is 15.3 Å². The molecule has 2 amide bonds. The number of carbonyl (C=O) groups excluding carboxylic acids is 2. The molecule has 0 aliphatic rings. The predicted octanol–water partition coefficient (Wildman–Crippen LogP) is 4.17. The van der Waals surface area contributed by atoms with E-state index in [2.05, 4.69) is 92.5 Å². The fraction of sp³-hybridized carbons (Fsp3) is 0.214. The molecule has 10 aromatic rings. The van der Waals surface area contributed by atoms with Gasteiger partial charge < -0.3 is 50.2 Å². The molecule has 6 aromatic carbocycles. The molecule has 0 fully saturated rings. The van der Waals surface area contributed by atoms with Crippen molar-refractivity contribution in [2.24, 2.45) is 9.98 Å². The Labute approximate surface area is 544 Å². The number of halogens is 2. The van der Waals surface area contributed by atoms with Crippen LogP contribution in [-0.4, -0.2) is 189 Å². The van der Waals surface area contributed by atoms with E-state index in [9.17, 15) is 19.8 Å². The molecule has 4 aromatic heterocycles. The van der Waals surface area contributed by atoms with Crippen molar-refractivity contribution in [3.05, 3.63) is 179 Å². The zero-order valence-corrected chi connectivity index (χ0v) is 52.8. The zero-order chi connectivity index (χ0) is 61.2. The number of nitrogens with zero attached hydrogens (tertiary/aromatic N) is 22. The second kappa shape index (κ2) is 47.7. The Kier molecular flexibility index (Phi) is 43.0. The Morgan fingerprint density at radius 2 is 0.770 bits per heavy atom. The maximum absolute atomic E-state index is 11.3. The number of amides is 2. The van der Waals surface area contributed by atoms with Gasteiger partial charge in [0.1, 0.15) is 0 Å². The summed E-state index contributed by atoms with van der Waals surface area (Å²) in [6.45, 7) is 3.09. The van der Waals surface area contributed by atoms with Crippen molar-refractivity contribution >= 4 is 48.5 Å². The average Bonchev–Trinajstić information content (AvgIpc) is 4.60. The molecule has 0 saturated carbocycles. The van der Waals surface area contributed by atoms with Gasteiger partial charge in [0.25, 0.3) is 0 Å². The molecule has 31 heteroatoms. The van der Waals surface area contributed by atoms with Crippen LogP contribution in [0.25, 0.3) is 45.6 Å². The Hall–Kier alpha value is -8.54. The SMILES string of the molecule is CN(C)C=O.CN(C)C=O.CN(C)CCN=Cc1cc(Cl)ccc1[O-].CN(C)CCN=Cc1cc(Cl)ccc1[O-].[Ni+2].[Ni+3].[Ni+3].c1ccc(-c2nn[n-]n2)cc1.c1ccc(-c2nn[n-]n2)cc1.c1ccc(-c2nn[n-]n2)cc1.c1ccc(-c2nnn[n-]2)cc1. The van der Waals surface area contributed by atoms with Crippen LogP contribution in [0.2, 0.25) is 10.0 Å². The number of likely N-dealkylation sites (N-methyl/N-ethyl adjacent to an activating group) is 2. The van der Waals surface area contributed by atoms with E-state index in [4.69, 9.17) is 23.2 Å². The summed E-state index contributed by atoms with van der Waals surface area (Å²) in [5.74, 6) is 2.20. The Bertz CT molecular complexity index is 2930. The molecule has 0 saturated heterocycles. The number of rotatable bonds is 14. The summed E-state index contributed by atoms with van der Waals surface area (Å²) >= 11 is 11.5. The molecular formula is C56H62Cl2N22Ni3O4+2. The normalized spacial score (nSPS) is 9.70. The van der Waals surface area contributed by atoms with Gasteiger partial charge in [-0.3, -0.25) is 61.2 Å². The number of aromatic nitrogens is 16. The molecule has 0 atom stereocenters. The summed E-state index contributed by atoms with van der Waals surface area (Å²) in [5, 5.41) is 80.6. The first-order valence-corrected chi connectivity index (χ1v) is 25.8. The monoisotopic (exact) mass is 1350 g/mol. The van der Waals surface area contributed by atoms with Gasteiger partial charge >= 0.3 is 49.5 Å². The minimum Gasteiger partial charge on any atom is -0.872 e. The molecule has 462 valence electrons. The van der Waals surface area contributed by atoms with Crippen molar-refractivity contribution < 1.29 is 69.3 Å². The van der Waals surface area contributed by atoms with Crippen molar-refractivity contribution in [2.45, 2.75) is 0 Å². The second-order valence-electron chi connectivity index (χ2n) is 17.5. The first-order valence-electron chi connectivity index (χ1n) is 25.0. The van der Waals surface area contributed by atoms with E-state index >= 15 is 0 Å². The molecule has 0 spiro atoms. The van der Waals surface area contributed by atoms with Gasteiger partial charge in [-0.2, -0.15) is 5.21 Å². The number of aliphatic imine (C=N–C) groups is 2. The molecule has 0 unspecified atom stereocenters. The zero-order valence-electron chi connectivity index (χ0n) is 48.3. The number of hydrogen-bond donors (Lipinski definition) is 0. The fourth-order valence-corrected chi connectivity index (χ4v) is 5.83. The Balaban J connectivity index is 0.000000985. The number of tetrazole rings is 4. The Morgan fingerprint density at radius 3 is 1.02 bits per heavy atom. The molecule has 26 nitrogen and oxygen atoms in total. The smallest absolute Gasteiger partial charge is 0.872 e. The van der Waals surface area contributed by atoms with Crippen LogP contribution in [0.1, 0.15) is 11.1 Å². The van der Waals surface area contributed by atoms with Crippen LogP contribution in [-0.2, 0) is 59.1 Å². The fourth-order valence-electron chi connectivity index (χ4n) is 5.47. The largest absolute Gasteiger partial charge is 3.00 e. The van der Waals surface area contributed by atoms with Crippen LogP contribution < -0.4 is 31.0 Å². The molecule has 0 bridgehead atoms. The van der Waals surface area contributed by atoms with Gasteiger partial charge in [-0.1, -0.05) is 168 Å². The van der Waals surface area contributed by atoms with Crippen LogP contribution in [0.15, 0.2) is 168 Å². The molecule has 87 heavy (non-hydrogen) atoms. The molecule has 2 radical (unpaired) electrons. The topological polar surface area (TPSA) is 329 Å². The minimum absolute atomic E-state index is 0. The number of benzene rings is 6. The Morgan fingerprint density at radius 1 is 0.460 bits per heavy atom. The van der Waals surface area contributed by atoms with Crippen LogP contribution in [0.3, 0.4) is 0 Å². The van der Waals surface area contributed by atoms with E-state index in [1.807, 2.05) is 159 Å². The van der Waals surface area contributed by atoms with Crippen LogP contribution >= 0.6 is 23.2 Å². The van der Waals surface area contributed by atoms with Crippen molar-refractivity contribution in [3.63, 3.8) is 0 Å². The van der Waals surface area contributed by atoms with Crippen LogP contribution in [0.5, 0.6) is 11.5 Å². The standard InChI is InChI=1S/2C11H15ClN2O.4C7H5N4.2C3H7NO.3Ni/c2*1-14(2)6-5-13-8-9-7-10(12)3-4-11(9)15;4*1-2-4-6(5-3-1)7-8-10-11-9-7;2*1-4(2)3-5;;;/h2*3-4,7-8,15H,5-6H2,1-2H3;4*1-5H;2*3H,1-2H3;;;/q;;4*-1;;;+2;2*+3/p-2. The first kappa shape index (κ1) is 78.5. The molecule has 10 rings (SSSR count). The van der Waals surface area contributed by atoms with Gasteiger partial charge in [0.2, 0.25) is 12.8 Å². The minimum atomic E-state index is -0.0481. The van der Waals surface area contributed by atoms with Crippen molar-refractivity contribution in [1.29, 1.82) is 0 Å². The molecule has 0 N–H and O–H groups in total. The molecular weight excluding hydrogens is 1290 g/mol. The van der Waals surface area contributed by atoms with Crippen LogP contribution in [0.4, 0.5) is 0 Å². The summed E-state index contributed by atoms with van der Waals surface area (Å²) in [6, 6.07) is 47.8. The predicted molar refractivity (Wildman–Crippen MR) is 318 cm³/mol. The summed E-state index contributed by atoms with van der Waals surface area (Å²) in [4.78, 5) is 34.1. The van der Waals surface area contributed by atoms with E-state index in [0.29, 0.717) is 57.6 Å². The van der Waals surface area contributed by atoms with Gasteiger partial charge in [0.05, 0.1) is 30.6 Å². The van der Waals surface area contributed by atoms with Crippen LogP contribution in [0, 0.1) is 0 Å². The number of hydrogen-bond acceptors (Lipinski definition) is 20. The van der Waals surface area contributed by atoms with E-state index in [-0.39, 0.29) is 61.0 Å². The second-order valence-corrected chi connectivity index (χ2v) is 18.3. The summed E-state index contributed by atoms with van der Waals surface area (Å²) in [6.07, 6.45) is 4.66. The summed E-state index contributed by atoms with van der Waals surface area (Å²) in [5.41, 5.74) is 4.85.